The van der Waals surface area contributed by atoms with E-state index >= 15 is 0 Å². The summed E-state index contributed by atoms with van der Waals surface area (Å²) in [5.41, 5.74) is 11.3. The lowest BCUT2D eigenvalue weighted by Crippen LogP contribution is -2.33. The fraction of sp³-hybridized carbons (Fsp3) is 0.636. The van der Waals surface area contributed by atoms with Crippen LogP contribution in [-0.2, 0) is 4.74 Å². The summed E-state index contributed by atoms with van der Waals surface area (Å²) in [6, 6.07) is 0. The molecule has 1 aliphatic rings. The molecule has 1 unspecified atom stereocenters. The summed E-state index contributed by atoms with van der Waals surface area (Å²) in [7, 11) is 1.90. The number of nitrogen functional groups attached to an aromatic ring is 1. The molecule has 18 heavy (non-hydrogen) atoms. The highest BCUT2D eigenvalue weighted by molar-refractivity contribution is 7.11. The van der Waals surface area contributed by atoms with Crippen molar-refractivity contribution in [3.8, 4) is 0 Å². The molecule has 0 aliphatic carbocycles. The molecule has 0 saturated carbocycles. The summed E-state index contributed by atoms with van der Waals surface area (Å²) in [5.74, 6) is -0.327. The monoisotopic (exact) mass is 270 g/mol. The van der Waals surface area contributed by atoms with Gasteiger partial charge in [0.25, 0.3) is 5.91 Å². The lowest BCUT2D eigenvalue weighted by Gasteiger charge is -2.27. The van der Waals surface area contributed by atoms with Crippen molar-refractivity contribution in [1.82, 2.24) is 4.37 Å². The third kappa shape index (κ3) is 2.73. The van der Waals surface area contributed by atoms with Crippen LogP contribution in [0.2, 0.25) is 0 Å². The zero-order valence-corrected chi connectivity index (χ0v) is 11.2. The van der Waals surface area contributed by atoms with Crippen LogP contribution < -0.4 is 16.4 Å². The van der Waals surface area contributed by atoms with Crippen LogP contribution in [0.1, 0.15) is 29.6 Å². The topological polar surface area (TPSA) is 94.5 Å². The maximum atomic E-state index is 11.4. The highest BCUT2D eigenvalue weighted by Crippen LogP contribution is 2.30. The average molecular weight is 270 g/mol. The second-order valence-corrected chi connectivity index (χ2v) is 5.23. The van der Waals surface area contributed by atoms with E-state index in [0.29, 0.717) is 10.6 Å². The zero-order valence-electron chi connectivity index (χ0n) is 10.4. The third-order valence-electron chi connectivity index (χ3n) is 3.05. The minimum absolute atomic E-state index is 0.202. The molecule has 0 spiro atoms. The smallest absolute Gasteiger partial charge is 0.255 e. The molecule has 0 radical (unpaired) electrons. The maximum Gasteiger partial charge on any atom is 0.255 e. The Morgan fingerprint density at radius 3 is 3.00 bits per heavy atom. The van der Waals surface area contributed by atoms with Crippen molar-refractivity contribution in [2.24, 2.45) is 5.73 Å². The van der Waals surface area contributed by atoms with E-state index in [4.69, 9.17) is 16.2 Å². The number of likely N-dealkylation sites (N-methyl/N-ethyl adjacent to an activating group) is 1. The first-order valence-corrected chi connectivity index (χ1v) is 6.74. The predicted octanol–water partition coefficient (Wildman–Crippen LogP) is 0.829. The Morgan fingerprint density at radius 2 is 2.39 bits per heavy atom. The van der Waals surface area contributed by atoms with Crippen molar-refractivity contribution >= 4 is 28.3 Å². The average Bonchev–Trinajstić information content (AvgIpc) is 2.72. The van der Waals surface area contributed by atoms with Crippen LogP contribution in [0, 0.1) is 0 Å². The second-order valence-electron chi connectivity index (χ2n) is 4.48. The van der Waals surface area contributed by atoms with Gasteiger partial charge in [0.1, 0.15) is 10.6 Å². The first-order chi connectivity index (χ1) is 8.59. The van der Waals surface area contributed by atoms with Gasteiger partial charge in [0, 0.05) is 20.2 Å². The molecule has 7 heteroatoms. The Bertz CT molecular complexity index is 429. The molecule has 2 rings (SSSR count). The number of aromatic nitrogens is 1. The Morgan fingerprint density at radius 1 is 1.61 bits per heavy atom. The minimum atomic E-state index is -0.535. The van der Waals surface area contributed by atoms with Gasteiger partial charge in [-0.1, -0.05) is 0 Å². The number of carbonyl (C=O) groups is 1. The van der Waals surface area contributed by atoms with Gasteiger partial charge in [-0.3, -0.25) is 4.79 Å². The molecule has 4 N–H and O–H groups in total. The molecule has 100 valence electrons. The summed E-state index contributed by atoms with van der Waals surface area (Å²) < 4.78 is 9.66. The van der Waals surface area contributed by atoms with Gasteiger partial charge in [-0.05, 0) is 30.8 Å². The van der Waals surface area contributed by atoms with Crippen LogP contribution >= 0.6 is 11.5 Å². The molecule has 1 aromatic rings. The Kier molecular flexibility index (Phi) is 4.03. The van der Waals surface area contributed by atoms with Crippen LogP contribution in [0.15, 0.2) is 0 Å². The van der Waals surface area contributed by atoms with E-state index in [0.717, 1.165) is 26.0 Å². The highest BCUT2D eigenvalue weighted by atomic mass is 32.1. The van der Waals surface area contributed by atoms with Crippen LogP contribution in [-0.4, -0.2) is 36.6 Å². The second kappa shape index (κ2) is 5.53. The molecule has 1 atom stereocenters. The molecular formula is C11H18N4O2S. The molecule has 1 aliphatic heterocycles. The number of nitrogens with zero attached hydrogens (tertiary/aromatic N) is 2. The molecule has 6 nitrogen and oxygen atoms in total. The molecule has 1 fully saturated rings. The zero-order chi connectivity index (χ0) is 13.1. The third-order valence-corrected chi connectivity index (χ3v) is 4.02. The van der Waals surface area contributed by atoms with E-state index in [9.17, 15) is 4.79 Å². The summed E-state index contributed by atoms with van der Waals surface area (Å²) in [6.45, 7) is 1.54. The number of hydrogen-bond donors (Lipinski definition) is 2. The van der Waals surface area contributed by atoms with Gasteiger partial charge in [0.05, 0.1) is 6.10 Å². The van der Waals surface area contributed by atoms with E-state index in [1.165, 1.54) is 18.0 Å². The van der Waals surface area contributed by atoms with Gasteiger partial charge in [-0.15, -0.1) is 0 Å². The van der Waals surface area contributed by atoms with Crippen LogP contribution in [0.3, 0.4) is 0 Å². The Balaban J connectivity index is 2.08. The number of carbonyl (C=O) groups excluding carboxylic acids is 1. The number of amides is 1. The summed E-state index contributed by atoms with van der Waals surface area (Å²) in [4.78, 5) is 13.3. The lowest BCUT2D eigenvalue weighted by molar-refractivity contribution is 0.0216. The number of hydrogen-bond acceptors (Lipinski definition) is 6. The quantitative estimate of drug-likeness (QED) is 0.845. The van der Waals surface area contributed by atoms with Crippen molar-refractivity contribution in [3.05, 3.63) is 5.56 Å². The van der Waals surface area contributed by atoms with Crippen molar-refractivity contribution in [2.45, 2.75) is 25.4 Å². The number of primary amides is 1. The largest absolute Gasteiger partial charge is 0.382 e. The predicted molar refractivity (Wildman–Crippen MR) is 71.9 cm³/mol. The molecule has 0 aromatic carbocycles. The summed E-state index contributed by atoms with van der Waals surface area (Å²) >= 11 is 1.20. The standard InChI is InChI=1S/C11H18N4O2S/c1-15(6-7-4-2-3-5-17-7)11-8(10(13)16)9(12)14-18-11/h7H,2-6H2,1H3,(H2,12,14)(H2,13,16). The molecule has 2 heterocycles. The Labute approximate surface area is 110 Å². The number of rotatable bonds is 4. The summed E-state index contributed by atoms with van der Waals surface area (Å²) in [5, 5.41) is 0.717. The highest BCUT2D eigenvalue weighted by Gasteiger charge is 2.22. The molecule has 1 amide bonds. The number of nitrogens with two attached hydrogens (primary N) is 2. The van der Waals surface area contributed by atoms with Crippen molar-refractivity contribution in [1.29, 1.82) is 0 Å². The van der Waals surface area contributed by atoms with E-state index in [1.54, 1.807) is 0 Å². The maximum absolute atomic E-state index is 11.4. The van der Waals surface area contributed by atoms with Gasteiger partial charge in [0.15, 0.2) is 5.82 Å². The van der Waals surface area contributed by atoms with Gasteiger partial charge in [0.2, 0.25) is 0 Å². The molecule has 1 aromatic heterocycles. The van der Waals surface area contributed by atoms with Gasteiger partial charge in [-0.25, -0.2) is 0 Å². The number of ether oxygens (including phenoxy) is 1. The van der Waals surface area contributed by atoms with Crippen LogP contribution in [0.25, 0.3) is 0 Å². The van der Waals surface area contributed by atoms with E-state index in [1.807, 2.05) is 11.9 Å². The fourth-order valence-electron chi connectivity index (χ4n) is 2.13. The van der Waals surface area contributed by atoms with Crippen molar-refractivity contribution < 1.29 is 9.53 Å². The lowest BCUT2D eigenvalue weighted by atomic mass is 10.1. The fourth-order valence-corrected chi connectivity index (χ4v) is 2.91. The summed E-state index contributed by atoms with van der Waals surface area (Å²) in [6.07, 6.45) is 3.56. The molecule has 1 saturated heterocycles. The normalized spacial score (nSPS) is 19.7. The first kappa shape index (κ1) is 13.1. The number of anilines is 2. The van der Waals surface area contributed by atoms with Crippen LogP contribution in [0.4, 0.5) is 10.8 Å². The van der Waals surface area contributed by atoms with Crippen molar-refractivity contribution in [2.75, 3.05) is 30.8 Å². The molecular weight excluding hydrogens is 252 g/mol. The van der Waals surface area contributed by atoms with E-state index < -0.39 is 5.91 Å². The van der Waals surface area contributed by atoms with E-state index in [2.05, 4.69) is 4.37 Å². The van der Waals surface area contributed by atoms with Gasteiger partial charge in [-0.2, -0.15) is 4.37 Å². The van der Waals surface area contributed by atoms with Gasteiger partial charge < -0.3 is 21.1 Å². The SMILES string of the molecule is CN(CC1CCCCO1)c1snc(N)c1C(N)=O. The van der Waals surface area contributed by atoms with E-state index in [-0.39, 0.29) is 11.9 Å². The van der Waals surface area contributed by atoms with Crippen molar-refractivity contribution in [3.63, 3.8) is 0 Å². The Hall–Kier alpha value is -1.34. The minimum Gasteiger partial charge on any atom is -0.382 e. The first-order valence-electron chi connectivity index (χ1n) is 5.97. The van der Waals surface area contributed by atoms with Crippen LogP contribution in [0.5, 0.6) is 0 Å². The van der Waals surface area contributed by atoms with Gasteiger partial charge >= 0.3 is 0 Å². The molecule has 0 bridgehead atoms.